The first-order valence-electron chi connectivity index (χ1n) is 16.4. The molecular formula is C37H43ClFN5O4S. The average molecular weight is 708 g/mol. The molecule has 1 heterocycles. The quantitative estimate of drug-likeness (QED) is 0.220. The van der Waals surface area contributed by atoms with Gasteiger partial charge >= 0.3 is 6.03 Å². The van der Waals surface area contributed by atoms with E-state index in [2.05, 4.69) is 16.1 Å². The van der Waals surface area contributed by atoms with Crippen LogP contribution in [-0.2, 0) is 26.1 Å². The van der Waals surface area contributed by atoms with Gasteiger partial charge in [-0.3, -0.25) is 9.69 Å². The molecule has 1 saturated carbocycles. The molecule has 0 aromatic heterocycles. The molecule has 12 heteroatoms. The van der Waals surface area contributed by atoms with Gasteiger partial charge in [0.2, 0.25) is 5.91 Å². The maximum absolute atomic E-state index is 15.6. The van der Waals surface area contributed by atoms with Crippen molar-refractivity contribution < 1.29 is 22.9 Å². The van der Waals surface area contributed by atoms with Gasteiger partial charge in [0, 0.05) is 37.8 Å². The van der Waals surface area contributed by atoms with Crippen LogP contribution in [0.2, 0.25) is 5.02 Å². The molecule has 2 N–H and O–H groups in total. The third kappa shape index (κ3) is 8.32. The Balaban J connectivity index is 1.51. The molecule has 3 aromatic rings. The number of urea groups is 1. The maximum atomic E-state index is 15.6. The van der Waals surface area contributed by atoms with E-state index < -0.39 is 51.2 Å². The lowest BCUT2D eigenvalue weighted by Crippen LogP contribution is -2.49. The molecule has 0 spiro atoms. The van der Waals surface area contributed by atoms with Crippen LogP contribution in [-0.4, -0.2) is 58.6 Å². The van der Waals surface area contributed by atoms with Gasteiger partial charge in [-0.2, -0.15) is 5.26 Å². The van der Waals surface area contributed by atoms with Crippen molar-refractivity contribution >= 4 is 45.9 Å². The largest absolute Gasteiger partial charge is 0.380 e. The summed E-state index contributed by atoms with van der Waals surface area (Å²) in [4.78, 5) is 30.5. The summed E-state index contributed by atoms with van der Waals surface area (Å²) in [5.41, 5.74) is 1.20. The third-order valence-corrected chi connectivity index (χ3v) is 11.2. The Morgan fingerprint density at radius 1 is 1.10 bits per heavy atom. The lowest BCUT2D eigenvalue weighted by Gasteiger charge is -2.38. The van der Waals surface area contributed by atoms with Gasteiger partial charge in [-0.15, -0.1) is 0 Å². The van der Waals surface area contributed by atoms with E-state index in [9.17, 15) is 19.1 Å². The van der Waals surface area contributed by atoms with Gasteiger partial charge < -0.3 is 15.0 Å². The number of anilines is 2. The second-order valence-electron chi connectivity index (χ2n) is 13.8. The number of hydrogen-bond acceptors (Lipinski definition) is 5. The van der Waals surface area contributed by atoms with E-state index >= 15 is 4.39 Å². The Morgan fingerprint density at radius 2 is 1.80 bits per heavy atom. The number of methoxy groups -OCH3 is 1. The van der Waals surface area contributed by atoms with Crippen molar-refractivity contribution in [1.82, 2.24) is 9.62 Å². The smallest absolute Gasteiger partial charge is 0.324 e. The van der Waals surface area contributed by atoms with E-state index in [0.29, 0.717) is 34.2 Å². The molecule has 3 aromatic carbocycles. The van der Waals surface area contributed by atoms with Crippen LogP contribution in [0, 0.1) is 23.1 Å². The summed E-state index contributed by atoms with van der Waals surface area (Å²) in [7, 11) is 1.58. The Bertz CT molecular complexity index is 1760. The van der Waals surface area contributed by atoms with Gasteiger partial charge in [-0.05, 0) is 99.2 Å². The summed E-state index contributed by atoms with van der Waals surface area (Å²) < 4.78 is 37.7. The van der Waals surface area contributed by atoms with Crippen molar-refractivity contribution in [1.29, 1.82) is 5.26 Å². The predicted molar refractivity (Wildman–Crippen MR) is 191 cm³/mol. The molecule has 0 radical (unpaired) electrons. The molecule has 260 valence electrons. The molecule has 4 atom stereocenters. The monoisotopic (exact) mass is 707 g/mol. The zero-order valence-corrected chi connectivity index (χ0v) is 30.0. The molecule has 2 aliphatic rings. The van der Waals surface area contributed by atoms with Crippen LogP contribution in [0.15, 0.2) is 66.7 Å². The maximum Gasteiger partial charge on any atom is 0.324 e. The molecule has 1 aliphatic carbocycles. The number of hydrogen-bond donors (Lipinski definition) is 2. The second kappa shape index (κ2) is 15.0. The molecule has 2 fully saturated rings. The van der Waals surface area contributed by atoms with Crippen LogP contribution >= 0.6 is 11.6 Å². The van der Waals surface area contributed by atoms with E-state index in [-0.39, 0.29) is 18.7 Å². The van der Waals surface area contributed by atoms with Crippen LogP contribution in [0.5, 0.6) is 0 Å². The molecule has 1 saturated heterocycles. The minimum atomic E-state index is -1.56. The van der Waals surface area contributed by atoms with Gasteiger partial charge in [0.15, 0.2) is 0 Å². The van der Waals surface area contributed by atoms with Crippen LogP contribution in [0.4, 0.5) is 20.6 Å². The van der Waals surface area contributed by atoms with E-state index in [1.807, 2.05) is 26.8 Å². The van der Waals surface area contributed by atoms with Crippen LogP contribution in [0.1, 0.15) is 69.6 Å². The number of benzene rings is 3. The molecule has 5 rings (SSSR count). The van der Waals surface area contributed by atoms with E-state index in [1.54, 1.807) is 61.6 Å². The van der Waals surface area contributed by atoms with Crippen molar-refractivity contribution in [2.24, 2.45) is 5.92 Å². The fraction of sp³-hybridized carbons (Fsp3) is 0.432. The van der Waals surface area contributed by atoms with Crippen molar-refractivity contribution in [3.05, 3.63) is 94.3 Å². The van der Waals surface area contributed by atoms with E-state index in [1.165, 1.54) is 23.0 Å². The fourth-order valence-corrected chi connectivity index (χ4v) is 7.20. The lowest BCUT2D eigenvalue weighted by molar-refractivity contribution is -0.119. The number of carbonyl (C=O) groups is 2. The van der Waals surface area contributed by atoms with Crippen LogP contribution < -0.4 is 14.9 Å². The van der Waals surface area contributed by atoms with E-state index in [0.717, 1.165) is 24.8 Å². The molecule has 3 amide bonds. The number of halogens is 2. The molecule has 2 unspecified atom stereocenters. The van der Waals surface area contributed by atoms with Gasteiger partial charge in [0.25, 0.3) is 0 Å². The van der Waals surface area contributed by atoms with Crippen LogP contribution in [0.25, 0.3) is 0 Å². The fourth-order valence-electron chi connectivity index (χ4n) is 6.12. The lowest BCUT2D eigenvalue weighted by atomic mass is 9.79. The second-order valence-corrected chi connectivity index (χ2v) is 16.2. The van der Waals surface area contributed by atoms with Gasteiger partial charge in [-0.1, -0.05) is 42.6 Å². The number of nitrogens with zero attached hydrogens (tertiary/aromatic N) is 3. The number of likely N-dealkylation sites (tertiary alicyclic amines) is 1. The standard InChI is InChI=1S/C37H43ClFN5O4S/c1-36(2,3)49(47)42-37(18-17-24-9-10-24,26-8-6-7-25(19-26)22-40)27-11-16-31(39)32(20-27)41-34(45)33-21-30(48-5)23-44(33)35(46)43(4)29-14-12-28(38)13-15-29/h6-8,11-16,19-20,24,30,33,42H,9-10,17-18,21,23H2,1-5H3,(H,41,45)/t30-,33+,37?,49?/m1/s1. The number of amides is 3. The molecule has 49 heavy (non-hydrogen) atoms. The Morgan fingerprint density at radius 3 is 2.43 bits per heavy atom. The molecule has 1 aliphatic heterocycles. The highest BCUT2D eigenvalue weighted by molar-refractivity contribution is 7.84. The topological polar surface area (TPSA) is 115 Å². The van der Waals surface area contributed by atoms with Crippen molar-refractivity contribution in [3.8, 4) is 6.07 Å². The highest BCUT2D eigenvalue weighted by Gasteiger charge is 2.43. The summed E-state index contributed by atoms with van der Waals surface area (Å²) in [6, 6.07) is 19.3. The Labute approximate surface area is 295 Å². The van der Waals surface area contributed by atoms with Gasteiger partial charge in [0.05, 0.1) is 44.7 Å². The van der Waals surface area contributed by atoms with Crippen molar-refractivity contribution in [3.63, 3.8) is 0 Å². The Kier molecular flexibility index (Phi) is 11.1. The first-order chi connectivity index (χ1) is 23.2. The summed E-state index contributed by atoms with van der Waals surface area (Å²) >= 11 is 6.04. The Hall–Kier alpha value is -3.82. The third-order valence-electron chi connectivity index (χ3n) is 9.29. The van der Waals surface area contributed by atoms with Crippen molar-refractivity contribution in [2.45, 2.75) is 75.3 Å². The summed E-state index contributed by atoms with van der Waals surface area (Å²) in [6.07, 6.45) is 3.39. The predicted octanol–water partition coefficient (Wildman–Crippen LogP) is 7.12. The number of carbonyl (C=O) groups excluding carboxylic acids is 2. The zero-order chi connectivity index (χ0) is 35.5. The molecule has 0 bridgehead atoms. The average Bonchev–Trinajstić information content (AvgIpc) is 3.82. The SMILES string of the molecule is CO[C@@H]1C[C@@H](C(=O)Nc2cc(C(CCC3CC3)(NS(=O)C(C)(C)C)c3cccc(C#N)c3)ccc2F)N(C(=O)N(C)c2ccc(Cl)cc2)C1. The molecule has 9 nitrogen and oxygen atoms in total. The summed E-state index contributed by atoms with van der Waals surface area (Å²) in [5, 5.41) is 13.0. The summed E-state index contributed by atoms with van der Waals surface area (Å²) in [5.74, 6) is -0.697. The van der Waals surface area contributed by atoms with E-state index in [4.69, 9.17) is 16.3 Å². The zero-order valence-electron chi connectivity index (χ0n) is 28.5. The van der Waals surface area contributed by atoms with Crippen LogP contribution in [0.3, 0.4) is 0 Å². The van der Waals surface area contributed by atoms with Crippen molar-refractivity contribution in [2.75, 3.05) is 30.9 Å². The number of ether oxygens (including phenoxy) is 1. The number of nitriles is 1. The highest BCUT2D eigenvalue weighted by Crippen LogP contribution is 2.43. The normalized spacial score (nSPS) is 19.5. The summed E-state index contributed by atoms with van der Waals surface area (Å²) in [6.45, 7) is 5.79. The number of nitrogens with one attached hydrogen (secondary N) is 2. The first-order valence-corrected chi connectivity index (χ1v) is 17.9. The molecular weight excluding hydrogens is 665 g/mol. The highest BCUT2D eigenvalue weighted by atomic mass is 35.5. The minimum absolute atomic E-state index is 0.0719. The first kappa shape index (κ1) is 36.5. The number of rotatable bonds is 11. The van der Waals surface area contributed by atoms with Gasteiger partial charge in [-0.25, -0.2) is 18.1 Å². The minimum Gasteiger partial charge on any atom is -0.380 e. The van der Waals surface area contributed by atoms with Gasteiger partial charge in [0.1, 0.15) is 11.9 Å².